The Morgan fingerprint density at radius 1 is 0.633 bits per heavy atom. The quantitative estimate of drug-likeness (QED) is 0.426. The molecule has 4 rings (SSSR count). The van der Waals surface area contributed by atoms with Crippen LogP contribution in [0.4, 0.5) is 26.3 Å². The highest BCUT2D eigenvalue weighted by atomic mass is 19.3. The van der Waals surface area contributed by atoms with Crippen LogP contribution in [0.2, 0.25) is 0 Å². The summed E-state index contributed by atoms with van der Waals surface area (Å²) in [7, 11) is 0. The Hall–Kier alpha value is -3.16. The van der Waals surface area contributed by atoms with E-state index in [0.717, 1.165) is 29.3 Å². The normalized spacial score (nSPS) is 15.3. The predicted molar refractivity (Wildman–Crippen MR) is 97.0 cm³/mol. The Kier molecular flexibility index (Phi) is 4.48. The summed E-state index contributed by atoms with van der Waals surface area (Å²) in [4.78, 5) is 0. The molecule has 0 aromatic heterocycles. The third kappa shape index (κ3) is 3.36. The molecule has 0 radical (unpaired) electrons. The smallest absolute Gasteiger partial charge is 0.395 e. The number of ether oxygens (including phenoxy) is 2. The molecule has 1 heterocycles. The second-order valence-corrected chi connectivity index (χ2v) is 6.92. The predicted octanol–water partition coefficient (Wildman–Crippen LogP) is 6.87. The van der Waals surface area contributed by atoms with Crippen molar-refractivity contribution in [1.82, 2.24) is 0 Å². The van der Waals surface area contributed by atoms with E-state index in [1.54, 1.807) is 12.1 Å². The fourth-order valence-electron chi connectivity index (χ4n) is 3.12. The molecular weight excluding hydrogens is 410 g/mol. The summed E-state index contributed by atoms with van der Waals surface area (Å²) in [6.07, 6.45) is -4.04. The van der Waals surface area contributed by atoms with Gasteiger partial charge in [0.25, 0.3) is 0 Å². The average Bonchev–Trinajstić information content (AvgIpc) is 3.01. The highest BCUT2D eigenvalue weighted by molar-refractivity contribution is 5.64. The van der Waals surface area contributed by atoms with Crippen LogP contribution in [0.3, 0.4) is 0 Å². The molecule has 3 aromatic rings. The summed E-state index contributed by atoms with van der Waals surface area (Å²) >= 11 is 0. The van der Waals surface area contributed by atoms with Crippen molar-refractivity contribution in [3.8, 4) is 22.6 Å². The molecule has 30 heavy (non-hydrogen) atoms. The molecule has 0 spiro atoms. The lowest BCUT2D eigenvalue weighted by atomic mass is 9.94. The monoisotopic (exact) mass is 424 g/mol. The number of alkyl halides is 6. The van der Waals surface area contributed by atoms with Crippen LogP contribution in [-0.2, 0) is 11.8 Å². The van der Waals surface area contributed by atoms with E-state index in [4.69, 9.17) is 0 Å². The molecular formula is C22H14F6O2. The first-order chi connectivity index (χ1) is 14.0. The summed E-state index contributed by atoms with van der Waals surface area (Å²) < 4.78 is 93.3. The van der Waals surface area contributed by atoms with E-state index in [9.17, 15) is 26.3 Å². The number of hydrogen-bond donors (Lipinski definition) is 0. The van der Waals surface area contributed by atoms with Gasteiger partial charge in [-0.25, -0.2) is 0 Å². The van der Waals surface area contributed by atoms with E-state index < -0.39 is 40.8 Å². The van der Waals surface area contributed by atoms with Crippen LogP contribution in [0.1, 0.15) is 16.7 Å². The fourth-order valence-corrected chi connectivity index (χ4v) is 3.12. The van der Waals surface area contributed by atoms with E-state index in [2.05, 4.69) is 9.47 Å². The van der Waals surface area contributed by atoms with Crippen molar-refractivity contribution < 1.29 is 35.8 Å². The minimum atomic E-state index is -4.69. The van der Waals surface area contributed by atoms with Crippen LogP contribution in [0.25, 0.3) is 11.1 Å². The van der Waals surface area contributed by atoms with E-state index in [-0.39, 0.29) is 0 Å². The van der Waals surface area contributed by atoms with Crippen molar-refractivity contribution in [2.75, 3.05) is 0 Å². The molecule has 0 atom stereocenters. The number of rotatable bonds is 4. The lowest BCUT2D eigenvalue weighted by Crippen LogP contribution is -2.35. The lowest BCUT2D eigenvalue weighted by molar-refractivity contribution is -0.286. The SMILES string of the molecule is Cc1ccc(-c2ccc(C(F)(F)C(F)(F)c3ccc4c(c3)OC(F)(F)O4)cc2)cc1. The van der Waals surface area contributed by atoms with Gasteiger partial charge in [0, 0.05) is 11.1 Å². The van der Waals surface area contributed by atoms with Gasteiger partial charge in [0.1, 0.15) is 0 Å². The summed E-state index contributed by atoms with van der Waals surface area (Å²) in [5.41, 5.74) is 0.270. The van der Waals surface area contributed by atoms with E-state index >= 15 is 0 Å². The first-order valence-electron chi connectivity index (χ1n) is 8.83. The Morgan fingerprint density at radius 2 is 1.10 bits per heavy atom. The number of aryl methyl sites for hydroxylation is 1. The molecule has 8 heteroatoms. The number of benzene rings is 3. The van der Waals surface area contributed by atoms with Gasteiger partial charge in [-0.15, -0.1) is 8.78 Å². The molecule has 2 nitrogen and oxygen atoms in total. The van der Waals surface area contributed by atoms with Crippen LogP contribution in [0.15, 0.2) is 66.7 Å². The summed E-state index contributed by atoms with van der Waals surface area (Å²) in [6, 6.07) is 13.5. The standard InChI is InChI=1S/C22H14F6O2/c1-13-2-4-14(5-3-13)15-6-8-16(9-7-15)20(23,24)21(25,26)17-10-11-18-19(12-17)30-22(27,28)29-18/h2-12H,1H3. The zero-order valence-corrected chi connectivity index (χ0v) is 15.4. The molecule has 0 saturated heterocycles. The van der Waals surface area contributed by atoms with Crippen LogP contribution in [0, 0.1) is 6.92 Å². The van der Waals surface area contributed by atoms with Gasteiger partial charge in [-0.1, -0.05) is 54.1 Å². The molecule has 1 aliphatic heterocycles. The minimum Gasteiger partial charge on any atom is -0.395 e. The number of fused-ring (bicyclic) bond motifs is 1. The Bertz CT molecular complexity index is 1080. The maximum atomic E-state index is 14.7. The van der Waals surface area contributed by atoms with Crippen molar-refractivity contribution in [1.29, 1.82) is 0 Å². The molecule has 0 bridgehead atoms. The molecule has 1 aliphatic rings. The van der Waals surface area contributed by atoms with Gasteiger partial charge < -0.3 is 9.47 Å². The second kappa shape index (κ2) is 6.68. The summed E-state index contributed by atoms with van der Waals surface area (Å²) in [5.74, 6) is -10.5. The van der Waals surface area contributed by atoms with Gasteiger partial charge in [-0.2, -0.15) is 17.6 Å². The second-order valence-electron chi connectivity index (χ2n) is 6.92. The molecule has 0 saturated carbocycles. The zero-order chi connectivity index (χ0) is 21.7. The van der Waals surface area contributed by atoms with Crippen LogP contribution in [0.5, 0.6) is 11.5 Å². The molecule has 0 aliphatic carbocycles. The number of halogens is 6. The van der Waals surface area contributed by atoms with Crippen molar-refractivity contribution >= 4 is 0 Å². The lowest BCUT2D eigenvalue weighted by Gasteiger charge is -2.27. The van der Waals surface area contributed by atoms with Gasteiger partial charge in [0.05, 0.1) is 0 Å². The van der Waals surface area contributed by atoms with Crippen molar-refractivity contribution in [3.63, 3.8) is 0 Å². The van der Waals surface area contributed by atoms with Crippen LogP contribution >= 0.6 is 0 Å². The average molecular weight is 424 g/mol. The van der Waals surface area contributed by atoms with Gasteiger partial charge >= 0.3 is 18.1 Å². The molecule has 0 N–H and O–H groups in total. The number of hydrogen-bond acceptors (Lipinski definition) is 2. The van der Waals surface area contributed by atoms with Crippen molar-refractivity contribution in [3.05, 3.63) is 83.4 Å². The minimum absolute atomic E-state index is 0.435. The van der Waals surface area contributed by atoms with Gasteiger partial charge in [0.2, 0.25) is 0 Å². The maximum Gasteiger partial charge on any atom is 0.586 e. The first kappa shape index (κ1) is 20.1. The molecule has 3 aromatic carbocycles. The van der Waals surface area contributed by atoms with Crippen LogP contribution < -0.4 is 9.47 Å². The molecule has 156 valence electrons. The maximum absolute atomic E-state index is 14.7. The zero-order valence-electron chi connectivity index (χ0n) is 15.4. The van der Waals surface area contributed by atoms with Crippen molar-refractivity contribution in [2.45, 2.75) is 25.1 Å². The highest BCUT2D eigenvalue weighted by Crippen LogP contribution is 2.52. The summed E-state index contributed by atoms with van der Waals surface area (Å²) in [5, 5.41) is 0. The third-order valence-electron chi connectivity index (χ3n) is 4.79. The van der Waals surface area contributed by atoms with Gasteiger partial charge in [0.15, 0.2) is 11.5 Å². The van der Waals surface area contributed by atoms with E-state index in [1.807, 2.05) is 19.1 Å². The molecule has 0 unspecified atom stereocenters. The topological polar surface area (TPSA) is 18.5 Å². The fraction of sp³-hybridized carbons (Fsp3) is 0.182. The Morgan fingerprint density at radius 3 is 1.70 bits per heavy atom. The van der Waals surface area contributed by atoms with Gasteiger partial charge in [-0.05, 0) is 36.2 Å². The van der Waals surface area contributed by atoms with Gasteiger partial charge in [-0.3, -0.25) is 0 Å². The van der Waals surface area contributed by atoms with Crippen molar-refractivity contribution in [2.24, 2.45) is 0 Å². The largest absolute Gasteiger partial charge is 0.586 e. The molecule has 0 amide bonds. The summed E-state index contributed by atoms with van der Waals surface area (Å²) in [6.45, 7) is 1.90. The van der Waals surface area contributed by atoms with E-state index in [0.29, 0.717) is 17.7 Å². The first-order valence-corrected chi connectivity index (χ1v) is 8.83. The highest BCUT2D eigenvalue weighted by Gasteiger charge is 2.59. The Balaban J connectivity index is 1.65. The van der Waals surface area contributed by atoms with E-state index in [1.165, 1.54) is 12.1 Å². The third-order valence-corrected chi connectivity index (χ3v) is 4.79. The Labute approximate surface area is 167 Å². The van der Waals surface area contributed by atoms with Crippen LogP contribution in [-0.4, -0.2) is 6.29 Å². The molecule has 0 fully saturated rings.